The van der Waals surface area contributed by atoms with Gasteiger partial charge in [0, 0.05) is 18.9 Å². The van der Waals surface area contributed by atoms with Gasteiger partial charge in [-0.15, -0.1) is 0 Å². The third-order valence-corrected chi connectivity index (χ3v) is 3.31. The molecule has 1 aromatic heterocycles. The van der Waals surface area contributed by atoms with Gasteiger partial charge in [0.05, 0.1) is 13.2 Å². The number of amides is 1. The smallest absolute Gasteiger partial charge is 0.344 e. The number of rotatable bonds is 7. The van der Waals surface area contributed by atoms with Gasteiger partial charge in [0.1, 0.15) is 5.76 Å². The lowest BCUT2D eigenvalue weighted by atomic mass is 9.90. The molecule has 0 aliphatic carbocycles. The summed E-state index contributed by atoms with van der Waals surface area (Å²) < 4.78 is 14.8. The van der Waals surface area contributed by atoms with Gasteiger partial charge in [0.2, 0.25) is 11.4 Å². The summed E-state index contributed by atoms with van der Waals surface area (Å²) >= 11 is 5.93. The van der Waals surface area contributed by atoms with Crippen molar-refractivity contribution in [2.45, 2.75) is 39.7 Å². The Morgan fingerprint density at radius 1 is 1.22 bits per heavy atom. The van der Waals surface area contributed by atoms with Crippen molar-refractivity contribution in [1.82, 2.24) is 10.5 Å². The summed E-state index contributed by atoms with van der Waals surface area (Å²) in [6.07, 6.45) is -0.293. The van der Waals surface area contributed by atoms with Crippen LogP contribution in [0.25, 0.3) is 0 Å². The summed E-state index contributed by atoms with van der Waals surface area (Å²) in [5, 5.41) is 5.89. The molecule has 0 fully saturated rings. The number of halogens is 1. The number of nitrogens with zero attached hydrogens (tertiary/aromatic N) is 1. The van der Waals surface area contributed by atoms with E-state index in [1.165, 1.54) is 6.92 Å². The van der Waals surface area contributed by atoms with Gasteiger partial charge in [-0.2, -0.15) is 0 Å². The monoisotopic (exact) mass is 346 g/mol. The Bertz CT molecular complexity index is 561. The zero-order valence-electron chi connectivity index (χ0n) is 13.4. The lowest BCUT2D eigenvalue weighted by Crippen LogP contribution is -2.62. The third kappa shape index (κ3) is 4.22. The first-order chi connectivity index (χ1) is 10.8. The number of ether oxygens (including phenoxy) is 2. The molecule has 0 aliphatic heterocycles. The van der Waals surface area contributed by atoms with Gasteiger partial charge in [-0.1, -0.05) is 16.8 Å². The zero-order valence-corrected chi connectivity index (χ0v) is 14.2. The van der Waals surface area contributed by atoms with E-state index in [0.29, 0.717) is 11.3 Å². The summed E-state index contributed by atoms with van der Waals surface area (Å²) in [6.45, 7) is 5.96. The third-order valence-electron chi connectivity index (χ3n) is 3.02. The van der Waals surface area contributed by atoms with E-state index >= 15 is 0 Å². The summed E-state index contributed by atoms with van der Waals surface area (Å²) in [5.74, 6) is -2.16. The molecule has 8 nitrogen and oxygen atoms in total. The van der Waals surface area contributed by atoms with Gasteiger partial charge < -0.3 is 19.3 Å². The Balaban J connectivity index is 3.38. The zero-order chi connectivity index (χ0) is 17.6. The van der Waals surface area contributed by atoms with Gasteiger partial charge in [-0.05, 0) is 20.8 Å². The molecule has 0 saturated heterocycles. The topological polar surface area (TPSA) is 108 Å². The number of aromatic nitrogens is 1. The molecule has 0 unspecified atom stereocenters. The lowest BCUT2D eigenvalue weighted by Gasteiger charge is -2.29. The first-order valence-electron chi connectivity index (χ1n) is 7.02. The summed E-state index contributed by atoms with van der Waals surface area (Å²) in [6, 6.07) is 0. The highest BCUT2D eigenvalue weighted by molar-refractivity contribution is 6.30. The van der Waals surface area contributed by atoms with Crippen LogP contribution in [0.4, 0.5) is 0 Å². The highest BCUT2D eigenvalue weighted by Crippen LogP contribution is 2.26. The van der Waals surface area contributed by atoms with Crippen molar-refractivity contribution >= 4 is 29.4 Å². The molecule has 0 aliphatic rings. The maximum Gasteiger partial charge on any atom is 0.344 e. The van der Waals surface area contributed by atoms with Gasteiger partial charge >= 0.3 is 11.9 Å². The van der Waals surface area contributed by atoms with Crippen LogP contribution < -0.4 is 5.32 Å². The Morgan fingerprint density at radius 2 is 1.74 bits per heavy atom. The van der Waals surface area contributed by atoms with E-state index < -0.39 is 23.4 Å². The number of hydrogen-bond acceptors (Lipinski definition) is 7. The molecular formula is C14H19ClN2O6. The van der Waals surface area contributed by atoms with Gasteiger partial charge in [-0.3, -0.25) is 4.79 Å². The first-order valence-corrected chi connectivity index (χ1v) is 7.40. The molecule has 0 radical (unpaired) electrons. The van der Waals surface area contributed by atoms with E-state index in [1.54, 1.807) is 20.8 Å². The van der Waals surface area contributed by atoms with Crippen LogP contribution in [-0.4, -0.2) is 41.8 Å². The van der Waals surface area contributed by atoms with Crippen molar-refractivity contribution in [1.29, 1.82) is 0 Å². The molecule has 1 aromatic rings. The van der Waals surface area contributed by atoms with E-state index in [0.717, 1.165) is 0 Å². The van der Waals surface area contributed by atoms with Crippen LogP contribution in [0.5, 0.6) is 0 Å². The largest absolute Gasteiger partial charge is 0.464 e. The summed E-state index contributed by atoms with van der Waals surface area (Å²) in [4.78, 5) is 36.4. The minimum atomic E-state index is -2.06. The van der Waals surface area contributed by atoms with Crippen molar-refractivity contribution in [3.63, 3.8) is 0 Å². The Hall–Kier alpha value is -2.09. The highest BCUT2D eigenvalue weighted by atomic mass is 35.5. The predicted molar refractivity (Wildman–Crippen MR) is 79.8 cm³/mol. The molecule has 1 amide bonds. The van der Waals surface area contributed by atoms with Crippen LogP contribution >= 0.6 is 11.6 Å². The fourth-order valence-corrected chi connectivity index (χ4v) is 2.24. The Labute approximate surface area is 138 Å². The molecule has 0 atom stereocenters. The van der Waals surface area contributed by atoms with Crippen LogP contribution in [-0.2, 0) is 30.3 Å². The van der Waals surface area contributed by atoms with E-state index in [-0.39, 0.29) is 24.8 Å². The molecule has 1 N–H and O–H groups in total. The normalized spacial score (nSPS) is 11.0. The predicted octanol–water partition coefficient (Wildman–Crippen LogP) is 1.18. The number of esters is 2. The number of hydrogen-bond donors (Lipinski definition) is 1. The maximum atomic E-state index is 12.4. The molecule has 0 bridgehead atoms. The standard InChI is InChI=1S/C14H19ClN2O6/c1-5-21-12(19)14(16-9(4)18,13(20)22-6-2)7-10-8(3)23-17-11(10)15/h5-7H2,1-4H3,(H,16,18). The van der Waals surface area contributed by atoms with E-state index in [9.17, 15) is 14.4 Å². The Kier molecular flexibility index (Phi) is 6.56. The lowest BCUT2D eigenvalue weighted by molar-refractivity contribution is -0.168. The van der Waals surface area contributed by atoms with Gasteiger partial charge in [0.15, 0.2) is 5.15 Å². The molecule has 0 aromatic carbocycles. The van der Waals surface area contributed by atoms with Crippen LogP contribution in [0.3, 0.4) is 0 Å². The molecule has 0 spiro atoms. The minimum absolute atomic E-state index is 0.00850. The van der Waals surface area contributed by atoms with Gasteiger partial charge in [-0.25, -0.2) is 9.59 Å². The fourth-order valence-electron chi connectivity index (χ4n) is 2.01. The van der Waals surface area contributed by atoms with E-state index in [1.807, 2.05) is 0 Å². The molecule has 9 heteroatoms. The molecule has 1 rings (SSSR count). The first kappa shape index (κ1) is 19.0. The Morgan fingerprint density at radius 3 is 2.09 bits per heavy atom. The van der Waals surface area contributed by atoms with Crippen LogP contribution in [0.1, 0.15) is 32.1 Å². The van der Waals surface area contributed by atoms with E-state index in [4.69, 9.17) is 25.6 Å². The average molecular weight is 347 g/mol. The van der Waals surface area contributed by atoms with Crippen molar-refractivity contribution in [2.75, 3.05) is 13.2 Å². The molecule has 1 heterocycles. The summed E-state index contributed by atoms with van der Waals surface area (Å²) in [5.41, 5.74) is -1.75. The average Bonchev–Trinajstić information content (AvgIpc) is 2.78. The molecule has 0 saturated carbocycles. The fraction of sp³-hybridized carbons (Fsp3) is 0.571. The quantitative estimate of drug-likeness (QED) is 0.583. The molecule has 128 valence electrons. The highest BCUT2D eigenvalue weighted by Gasteiger charge is 2.51. The maximum absolute atomic E-state index is 12.4. The second kappa shape index (κ2) is 7.96. The van der Waals surface area contributed by atoms with Crippen LogP contribution in [0.2, 0.25) is 5.15 Å². The van der Waals surface area contributed by atoms with E-state index in [2.05, 4.69) is 10.5 Å². The second-order valence-electron chi connectivity index (χ2n) is 4.71. The summed E-state index contributed by atoms with van der Waals surface area (Å²) in [7, 11) is 0. The van der Waals surface area contributed by atoms with Crippen molar-refractivity contribution in [3.8, 4) is 0 Å². The minimum Gasteiger partial charge on any atom is -0.464 e. The molecular weight excluding hydrogens is 328 g/mol. The number of nitrogens with one attached hydrogen (secondary N) is 1. The molecule has 23 heavy (non-hydrogen) atoms. The van der Waals surface area contributed by atoms with Crippen molar-refractivity contribution in [2.24, 2.45) is 0 Å². The SMILES string of the molecule is CCOC(=O)C(Cc1c(Cl)noc1C)(NC(C)=O)C(=O)OCC. The van der Waals surface area contributed by atoms with Crippen LogP contribution in [0.15, 0.2) is 4.52 Å². The van der Waals surface area contributed by atoms with Gasteiger partial charge in [0.25, 0.3) is 0 Å². The number of carbonyl (C=O) groups is 3. The second-order valence-corrected chi connectivity index (χ2v) is 5.07. The van der Waals surface area contributed by atoms with Crippen molar-refractivity contribution < 1.29 is 28.4 Å². The number of carbonyl (C=O) groups excluding carboxylic acids is 3. The van der Waals surface area contributed by atoms with Crippen LogP contribution in [0, 0.1) is 6.92 Å². The van der Waals surface area contributed by atoms with Crippen molar-refractivity contribution in [3.05, 3.63) is 16.5 Å². The number of aryl methyl sites for hydroxylation is 1.